The highest BCUT2D eigenvalue weighted by molar-refractivity contribution is 4.95. The third-order valence-electron chi connectivity index (χ3n) is 4.46. The lowest BCUT2D eigenvalue weighted by Gasteiger charge is -2.24. The van der Waals surface area contributed by atoms with E-state index in [9.17, 15) is 0 Å². The monoisotopic (exact) mass is 383 g/mol. The average Bonchev–Trinajstić information content (AvgIpc) is 3.03. The minimum absolute atomic E-state index is 0.170. The number of nitrogens with one attached hydrogen (secondary N) is 2. The van der Waals surface area contributed by atoms with E-state index in [0.717, 1.165) is 44.7 Å². The summed E-state index contributed by atoms with van der Waals surface area (Å²) in [7, 11) is 0. The Labute approximate surface area is 165 Å². The molecule has 0 aliphatic heterocycles. The molecule has 158 valence electrons. The molecule has 27 heavy (non-hydrogen) atoms. The highest BCUT2D eigenvalue weighted by atomic mass is 16.5. The molecule has 7 nitrogen and oxygen atoms in total. The van der Waals surface area contributed by atoms with E-state index < -0.39 is 0 Å². The van der Waals surface area contributed by atoms with Crippen LogP contribution in [-0.2, 0) is 22.4 Å². The molecule has 0 spiro atoms. The standard InChI is InChI=1S/C20H41N5O2/c1-7-20(5,6)22-9-8-18-16-23-24-25(18)11-13-27-15-14-26-12-10-21-17-19(2,3)4/h16,21-22H,7-15,17H2,1-6H3. The van der Waals surface area contributed by atoms with Gasteiger partial charge in [0.2, 0.25) is 0 Å². The molecule has 0 aromatic carbocycles. The molecule has 0 atom stereocenters. The van der Waals surface area contributed by atoms with Crippen LogP contribution in [0.15, 0.2) is 6.20 Å². The van der Waals surface area contributed by atoms with E-state index in [1.54, 1.807) is 0 Å². The van der Waals surface area contributed by atoms with Crippen molar-refractivity contribution in [1.29, 1.82) is 0 Å². The van der Waals surface area contributed by atoms with E-state index >= 15 is 0 Å². The van der Waals surface area contributed by atoms with Gasteiger partial charge in [-0.2, -0.15) is 0 Å². The Morgan fingerprint density at radius 3 is 2.37 bits per heavy atom. The fraction of sp³-hybridized carbons (Fsp3) is 0.900. The zero-order chi connectivity index (χ0) is 20.2. The van der Waals surface area contributed by atoms with E-state index in [0.29, 0.717) is 31.8 Å². The molecule has 1 rings (SSSR count). The quantitative estimate of drug-likeness (QED) is 0.453. The Hall–Kier alpha value is -1.02. The van der Waals surface area contributed by atoms with Gasteiger partial charge in [-0.25, -0.2) is 4.68 Å². The molecular weight excluding hydrogens is 342 g/mol. The largest absolute Gasteiger partial charge is 0.378 e. The van der Waals surface area contributed by atoms with Crippen molar-refractivity contribution >= 4 is 0 Å². The van der Waals surface area contributed by atoms with Gasteiger partial charge in [0.15, 0.2) is 0 Å². The van der Waals surface area contributed by atoms with Gasteiger partial charge in [0.05, 0.1) is 44.9 Å². The second kappa shape index (κ2) is 12.4. The number of hydrogen-bond donors (Lipinski definition) is 2. The first-order valence-electron chi connectivity index (χ1n) is 10.2. The van der Waals surface area contributed by atoms with Gasteiger partial charge < -0.3 is 20.1 Å². The van der Waals surface area contributed by atoms with Gasteiger partial charge in [0.1, 0.15) is 0 Å². The lowest BCUT2D eigenvalue weighted by Crippen LogP contribution is -2.39. The van der Waals surface area contributed by atoms with Crippen molar-refractivity contribution in [3.63, 3.8) is 0 Å². The highest BCUT2D eigenvalue weighted by Gasteiger charge is 2.13. The molecule has 0 fully saturated rings. The third kappa shape index (κ3) is 12.1. The van der Waals surface area contributed by atoms with Crippen LogP contribution in [0.5, 0.6) is 0 Å². The van der Waals surface area contributed by atoms with Crippen LogP contribution in [0.4, 0.5) is 0 Å². The molecule has 7 heteroatoms. The highest BCUT2D eigenvalue weighted by Crippen LogP contribution is 2.09. The molecule has 0 aliphatic carbocycles. The molecule has 0 amide bonds. The number of rotatable bonds is 15. The predicted molar refractivity (Wildman–Crippen MR) is 110 cm³/mol. The number of ether oxygens (including phenoxy) is 2. The van der Waals surface area contributed by atoms with Gasteiger partial charge in [-0.05, 0) is 25.7 Å². The summed E-state index contributed by atoms with van der Waals surface area (Å²) in [6, 6.07) is 0. The second-order valence-corrected chi connectivity index (χ2v) is 8.82. The molecule has 1 aromatic rings. The third-order valence-corrected chi connectivity index (χ3v) is 4.46. The molecule has 0 saturated carbocycles. The van der Waals surface area contributed by atoms with Crippen LogP contribution in [0.25, 0.3) is 0 Å². The first kappa shape index (κ1) is 24.0. The summed E-state index contributed by atoms with van der Waals surface area (Å²) in [5, 5.41) is 15.1. The summed E-state index contributed by atoms with van der Waals surface area (Å²) in [5.74, 6) is 0. The van der Waals surface area contributed by atoms with Gasteiger partial charge in [0.25, 0.3) is 0 Å². The molecule has 2 N–H and O–H groups in total. The van der Waals surface area contributed by atoms with Crippen LogP contribution < -0.4 is 10.6 Å². The van der Waals surface area contributed by atoms with Crippen molar-refractivity contribution in [2.45, 2.75) is 66.5 Å². The summed E-state index contributed by atoms with van der Waals surface area (Å²) >= 11 is 0. The molecule has 1 aromatic heterocycles. The van der Waals surface area contributed by atoms with Crippen molar-refractivity contribution in [2.24, 2.45) is 5.41 Å². The zero-order valence-electron chi connectivity index (χ0n) is 18.3. The maximum atomic E-state index is 5.65. The first-order chi connectivity index (χ1) is 12.7. The fourth-order valence-electron chi connectivity index (χ4n) is 2.40. The van der Waals surface area contributed by atoms with Crippen LogP contribution in [0.1, 0.15) is 53.7 Å². The van der Waals surface area contributed by atoms with Crippen molar-refractivity contribution in [2.75, 3.05) is 46.1 Å². The lowest BCUT2D eigenvalue weighted by molar-refractivity contribution is 0.0443. The summed E-state index contributed by atoms with van der Waals surface area (Å²) in [6.45, 7) is 19.4. The smallest absolute Gasteiger partial charge is 0.0725 e. The van der Waals surface area contributed by atoms with E-state index in [1.165, 1.54) is 0 Å². The van der Waals surface area contributed by atoms with Gasteiger partial charge >= 0.3 is 0 Å². The molecular formula is C20H41N5O2. The topological polar surface area (TPSA) is 73.2 Å². The van der Waals surface area contributed by atoms with E-state index in [4.69, 9.17) is 9.47 Å². The fourth-order valence-corrected chi connectivity index (χ4v) is 2.40. The molecule has 0 bridgehead atoms. The zero-order valence-corrected chi connectivity index (χ0v) is 18.3. The summed E-state index contributed by atoms with van der Waals surface area (Å²) < 4.78 is 13.2. The van der Waals surface area contributed by atoms with Gasteiger partial charge in [0, 0.05) is 31.6 Å². The van der Waals surface area contributed by atoms with E-state index in [-0.39, 0.29) is 5.54 Å². The number of nitrogens with zero attached hydrogens (tertiary/aromatic N) is 3. The Morgan fingerprint density at radius 2 is 1.70 bits per heavy atom. The van der Waals surface area contributed by atoms with Crippen molar-refractivity contribution < 1.29 is 9.47 Å². The molecule has 0 aliphatic rings. The van der Waals surface area contributed by atoms with Crippen molar-refractivity contribution in [3.05, 3.63) is 11.9 Å². The summed E-state index contributed by atoms with van der Waals surface area (Å²) in [4.78, 5) is 0. The SMILES string of the molecule is CCC(C)(C)NCCc1cnnn1CCOCCOCCNCC(C)(C)C. The van der Waals surface area contributed by atoms with Crippen LogP contribution in [0, 0.1) is 5.41 Å². The maximum Gasteiger partial charge on any atom is 0.0725 e. The minimum atomic E-state index is 0.170. The Balaban J connectivity index is 2.05. The normalized spacial score (nSPS) is 12.7. The van der Waals surface area contributed by atoms with Crippen LogP contribution >= 0.6 is 0 Å². The van der Waals surface area contributed by atoms with Crippen LogP contribution in [0.2, 0.25) is 0 Å². The molecule has 0 unspecified atom stereocenters. The van der Waals surface area contributed by atoms with Gasteiger partial charge in [-0.15, -0.1) is 5.10 Å². The van der Waals surface area contributed by atoms with E-state index in [2.05, 4.69) is 62.5 Å². The molecule has 1 heterocycles. The lowest BCUT2D eigenvalue weighted by atomic mass is 9.97. The Morgan fingerprint density at radius 1 is 1.00 bits per heavy atom. The van der Waals surface area contributed by atoms with Crippen LogP contribution in [-0.4, -0.2) is 66.6 Å². The number of aromatic nitrogens is 3. The van der Waals surface area contributed by atoms with E-state index in [1.807, 2.05) is 10.9 Å². The number of hydrogen-bond acceptors (Lipinski definition) is 6. The average molecular weight is 384 g/mol. The van der Waals surface area contributed by atoms with Gasteiger partial charge in [-0.3, -0.25) is 0 Å². The first-order valence-corrected chi connectivity index (χ1v) is 10.2. The van der Waals surface area contributed by atoms with Crippen LogP contribution in [0.3, 0.4) is 0 Å². The Kier molecular flexibility index (Phi) is 11.1. The Bertz CT molecular complexity index is 497. The molecule has 0 radical (unpaired) electrons. The summed E-state index contributed by atoms with van der Waals surface area (Å²) in [5.41, 5.74) is 1.62. The predicted octanol–water partition coefficient (Wildman–Crippen LogP) is 2.27. The van der Waals surface area contributed by atoms with Crippen molar-refractivity contribution in [1.82, 2.24) is 25.6 Å². The minimum Gasteiger partial charge on any atom is -0.378 e. The van der Waals surface area contributed by atoms with Crippen molar-refractivity contribution in [3.8, 4) is 0 Å². The molecule has 0 saturated heterocycles. The van der Waals surface area contributed by atoms with Gasteiger partial charge in [-0.1, -0.05) is 32.9 Å². The second-order valence-electron chi connectivity index (χ2n) is 8.82. The summed E-state index contributed by atoms with van der Waals surface area (Å²) in [6.07, 6.45) is 3.86. The maximum absolute atomic E-state index is 5.65.